The summed E-state index contributed by atoms with van der Waals surface area (Å²) in [5.74, 6) is -0.0647. The molecule has 1 aliphatic heterocycles. The van der Waals surface area contributed by atoms with Crippen molar-refractivity contribution in [3.05, 3.63) is 35.9 Å². The van der Waals surface area contributed by atoms with Crippen LogP contribution in [-0.2, 0) is 10.0 Å². The molecule has 0 fully saturated rings. The molecule has 0 saturated heterocycles. The van der Waals surface area contributed by atoms with E-state index in [2.05, 4.69) is 11.6 Å². The highest BCUT2D eigenvalue weighted by Crippen LogP contribution is 2.39. The van der Waals surface area contributed by atoms with E-state index in [4.69, 9.17) is 0 Å². The maximum absolute atomic E-state index is 12.7. The van der Waals surface area contributed by atoms with Crippen LogP contribution >= 0.6 is 0 Å². The van der Waals surface area contributed by atoms with E-state index in [1.54, 1.807) is 35.2 Å². The highest BCUT2D eigenvalue weighted by atomic mass is 32.2. The van der Waals surface area contributed by atoms with Crippen LogP contribution in [0.15, 0.2) is 35.2 Å². The van der Waals surface area contributed by atoms with Crippen LogP contribution < -0.4 is 9.62 Å². The lowest BCUT2D eigenvalue weighted by Gasteiger charge is -2.15. The van der Waals surface area contributed by atoms with Crippen molar-refractivity contribution in [2.24, 2.45) is 0 Å². The molecule has 0 aromatic heterocycles. The average molecular weight is 360 g/mol. The second-order valence-corrected chi connectivity index (χ2v) is 8.05. The Morgan fingerprint density at radius 3 is 2.56 bits per heavy atom. The van der Waals surface area contributed by atoms with E-state index >= 15 is 0 Å². The molecule has 0 unspecified atom stereocenters. The Labute approximate surface area is 149 Å². The Morgan fingerprint density at radius 1 is 1.04 bits per heavy atom. The van der Waals surface area contributed by atoms with E-state index in [1.807, 2.05) is 6.92 Å². The number of anilines is 1. The zero-order chi connectivity index (χ0) is 18.0. The summed E-state index contributed by atoms with van der Waals surface area (Å²) in [5, 5.41) is 1.35. The molecule has 2 aromatic rings. The van der Waals surface area contributed by atoms with Gasteiger partial charge in [-0.3, -0.25) is 4.79 Å². The van der Waals surface area contributed by atoms with Crippen molar-refractivity contribution < 1.29 is 13.2 Å². The third-order valence-corrected chi connectivity index (χ3v) is 6.19. The number of unbranched alkanes of at least 4 members (excludes halogenated alkanes) is 3. The Balaban J connectivity index is 1.97. The number of sulfonamides is 1. The number of hydrogen-bond acceptors (Lipinski definition) is 3. The van der Waals surface area contributed by atoms with Gasteiger partial charge in [0.1, 0.15) is 0 Å². The molecule has 134 valence electrons. The third kappa shape index (κ3) is 3.16. The van der Waals surface area contributed by atoms with Gasteiger partial charge in [0, 0.05) is 29.4 Å². The first-order chi connectivity index (χ1) is 12.0. The monoisotopic (exact) mass is 360 g/mol. The molecule has 1 heterocycles. The molecule has 6 heteroatoms. The van der Waals surface area contributed by atoms with Gasteiger partial charge in [-0.1, -0.05) is 38.3 Å². The van der Waals surface area contributed by atoms with Crippen molar-refractivity contribution in [2.45, 2.75) is 44.4 Å². The summed E-state index contributed by atoms with van der Waals surface area (Å²) in [7, 11) is -3.60. The molecule has 0 aliphatic carbocycles. The predicted octanol–water partition coefficient (Wildman–Crippen LogP) is 3.68. The van der Waals surface area contributed by atoms with Crippen molar-refractivity contribution >= 4 is 32.4 Å². The minimum absolute atomic E-state index is 0.0647. The molecule has 1 aliphatic rings. The van der Waals surface area contributed by atoms with E-state index in [1.165, 1.54) is 0 Å². The van der Waals surface area contributed by atoms with Gasteiger partial charge < -0.3 is 4.90 Å². The van der Waals surface area contributed by atoms with Crippen LogP contribution in [0, 0.1) is 0 Å². The summed E-state index contributed by atoms with van der Waals surface area (Å²) in [6, 6.07) is 8.64. The SMILES string of the molecule is CCCCCCNS(=O)(=O)c1ccc2c3c(cccc13)C(=O)N2CC. The minimum atomic E-state index is -3.60. The van der Waals surface area contributed by atoms with Crippen LogP contribution in [0.1, 0.15) is 49.9 Å². The van der Waals surface area contributed by atoms with Gasteiger partial charge in [-0.15, -0.1) is 0 Å². The van der Waals surface area contributed by atoms with Gasteiger partial charge in [-0.05, 0) is 31.5 Å². The van der Waals surface area contributed by atoms with Crippen molar-refractivity contribution in [3.8, 4) is 0 Å². The minimum Gasteiger partial charge on any atom is -0.308 e. The largest absolute Gasteiger partial charge is 0.308 e. The number of nitrogens with zero attached hydrogens (tertiary/aromatic N) is 1. The lowest BCUT2D eigenvalue weighted by atomic mass is 10.1. The molecule has 0 radical (unpaired) electrons. The molecule has 1 amide bonds. The summed E-state index contributed by atoms with van der Waals surface area (Å²) < 4.78 is 28.2. The van der Waals surface area contributed by atoms with E-state index in [0.717, 1.165) is 36.8 Å². The van der Waals surface area contributed by atoms with Gasteiger partial charge in [-0.2, -0.15) is 0 Å². The Bertz CT molecular complexity index is 906. The first-order valence-corrected chi connectivity index (χ1v) is 10.4. The number of rotatable bonds is 8. The fraction of sp³-hybridized carbons (Fsp3) is 0.421. The van der Waals surface area contributed by atoms with Gasteiger partial charge in [-0.25, -0.2) is 13.1 Å². The summed E-state index contributed by atoms with van der Waals surface area (Å²) in [4.78, 5) is 14.4. The zero-order valence-corrected chi connectivity index (χ0v) is 15.5. The maximum Gasteiger partial charge on any atom is 0.258 e. The molecule has 0 bridgehead atoms. The maximum atomic E-state index is 12.7. The molecular weight excluding hydrogens is 336 g/mol. The Kier molecular flexibility index (Phi) is 5.11. The highest BCUT2D eigenvalue weighted by Gasteiger charge is 2.31. The summed E-state index contributed by atoms with van der Waals surface area (Å²) in [6.07, 6.45) is 4.07. The quantitative estimate of drug-likeness (QED) is 0.730. The van der Waals surface area contributed by atoms with Crippen molar-refractivity contribution in [3.63, 3.8) is 0 Å². The number of carbonyl (C=O) groups excluding carboxylic acids is 1. The van der Waals surface area contributed by atoms with Crippen LogP contribution in [0.3, 0.4) is 0 Å². The third-order valence-electron chi connectivity index (χ3n) is 4.67. The van der Waals surface area contributed by atoms with Gasteiger partial charge >= 0.3 is 0 Å². The number of nitrogens with one attached hydrogen (secondary N) is 1. The van der Waals surface area contributed by atoms with Crippen molar-refractivity contribution in [1.29, 1.82) is 0 Å². The molecule has 3 rings (SSSR count). The van der Waals surface area contributed by atoms with Crippen LogP contribution in [-0.4, -0.2) is 27.4 Å². The zero-order valence-electron chi connectivity index (χ0n) is 14.7. The number of benzene rings is 2. The molecule has 0 atom stereocenters. The second-order valence-electron chi connectivity index (χ2n) is 6.32. The number of hydrogen-bond donors (Lipinski definition) is 1. The molecule has 0 saturated carbocycles. The highest BCUT2D eigenvalue weighted by molar-refractivity contribution is 7.89. The summed E-state index contributed by atoms with van der Waals surface area (Å²) >= 11 is 0. The number of amides is 1. The van der Waals surface area contributed by atoms with Crippen molar-refractivity contribution in [2.75, 3.05) is 18.0 Å². The van der Waals surface area contributed by atoms with Gasteiger partial charge in [0.15, 0.2) is 0 Å². The number of carbonyl (C=O) groups is 1. The van der Waals surface area contributed by atoms with E-state index < -0.39 is 10.0 Å². The predicted molar refractivity (Wildman–Crippen MR) is 101 cm³/mol. The van der Waals surface area contributed by atoms with E-state index in [-0.39, 0.29) is 10.8 Å². The van der Waals surface area contributed by atoms with E-state index in [9.17, 15) is 13.2 Å². The van der Waals surface area contributed by atoms with Gasteiger partial charge in [0.25, 0.3) is 5.91 Å². The van der Waals surface area contributed by atoms with E-state index in [0.29, 0.717) is 24.0 Å². The van der Waals surface area contributed by atoms with Crippen LogP contribution in [0.2, 0.25) is 0 Å². The molecule has 2 aromatic carbocycles. The molecule has 1 N–H and O–H groups in total. The standard InChI is InChI=1S/C19H24N2O3S/c1-3-5-6-7-13-20-25(23,24)17-12-11-16-18-14(17)9-8-10-15(18)19(22)21(16)4-2/h8-12,20H,3-7,13H2,1-2H3. The second kappa shape index (κ2) is 7.14. The Morgan fingerprint density at radius 2 is 1.84 bits per heavy atom. The summed E-state index contributed by atoms with van der Waals surface area (Å²) in [5.41, 5.74) is 1.37. The van der Waals surface area contributed by atoms with Crippen LogP contribution in [0.4, 0.5) is 5.69 Å². The molecule has 0 spiro atoms. The smallest absolute Gasteiger partial charge is 0.258 e. The van der Waals surface area contributed by atoms with Crippen LogP contribution in [0.25, 0.3) is 10.8 Å². The molecular formula is C19H24N2O3S. The lowest BCUT2D eigenvalue weighted by molar-refractivity contribution is 0.0994. The Hall–Kier alpha value is -1.92. The normalized spacial score (nSPS) is 13.8. The first-order valence-electron chi connectivity index (χ1n) is 8.88. The van der Waals surface area contributed by atoms with Crippen molar-refractivity contribution in [1.82, 2.24) is 4.72 Å². The topological polar surface area (TPSA) is 66.5 Å². The van der Waals surface area contributed by atoms with Gasteiger partial charge in [0.05, 0.1) is 10.6 Å². The lowest BCUT2D eigenvalue weighted by Crippen LogP contribution is -2.26. The molecule has 5 nitrogen and oxygen atoms in total. The van der Waals surface area contributed by atoms with Gasteiger partial charge in [0.2, 0.25) is 10.0 Å². The summed E-state index contributed by atoms with van der Waals surface area (Å²) in [6.45, 7) is 5.03. The fourth-order valence-electron chi connectivity index (χ4n) is 3.40. The van der Waals surface area contributed by atoms with Crippen LogP contribution in [0.5, 0.6) is 0 Å². The average Bonchev–Trinajstić information content (AvgIpc) is 2.88. The fourth-order valence-corrected chi connectivity index (χ4v) is 4.68. The molecule has 25 heavy (non-hydrogen) atoms. The first kappa shape index (κ1) is 17.9.